The second-order valence-electron chi connectivity index (χ2n) is 6.18. The van der Waals surface area contributed by atoms with Gasteiger partial charge in [0.2, 0.25) is 0 Å². The Labute approximate surface area is 144 Å². The third kappa shape index (κ3) is 2.94. The highest BCUT2D eigenvalue weighted by Crippen LogP contribution is 2.45. The molecular weight excluding hydrogens is 296 g/mol. The molecule has 1 heteroatoms. The lowest BCUT2D eigenvalue weighted by Gasteiger charge is -2.33. The minimum absolute atomic E-state index is 0.449. The molecule has 0 nitrogen and oxygen atoms in total. The lowest BCUT2D eigenvalue weighted by Crippen LogP contribution is -2.24. The van der Waals surface area contributed by atoms with Crippen LogP contribution >= 0.6 is 12.6 Å². The van der Waals surface area contributed by atoms with Crippen molar-refractivity contribution in [3.05, 3.63) is 107 Å². The Morgan fingerprint density at radius 3 is 1.57 bits per heavy atom. The van der Waals surface area contributed by atoms with Crippen LogP contribution in [0.4, 0.5) is 0 Å². The summed E-state index contributed by atoms with van der Waals surface area (Å²) in [5, 5.41) is 0. The van der Waals surface area contributed by atoms with Gasteiger partial charge in [-0.3, -0.25) is 0 Å². The molecule has 0 aliphatic heterocycles. The normalized spacial score (nSPS) is 11.7. The van der Waals surface area contributed by atoms with Gasteiger partial charge in [-0.15, -0.1) is 0 Å². The summed E-state index contributed by atoms with van der Waals surface area (Å²) in [5.41, 5.74) is 5.00. The van der Waals surface area contributed by atoms with E-state index < -0.39 is 4.75 Å². The fourth-order valence-corrected chi connectivity index (χ4v) is 3.67. The predicted octanol–water partition coefficient (Wildman–Crippen LogP) is 6.03. The molecule has 0 unspecified atom stereocenters. The van der Waals surface area contributed by atoms with E-state index in [1.807, 2.05) is 0 Å². The minimum Gasteiger partial charge on any atom is -0.158 e. The average molecular weight is 318 g/mol. The van der Waals surface area contributed by atoms with Gasteiger partial charge in [0.05, 0.1) is 4.75 Å². The van der Waals surface area contributed by atoms with Gasteiger partial charge in [-0.1, -0.05) is 98.8 Å². The van der Waals surface area contributed by atoms with Gasteiger partial charge >= 0.3 is 0 Å². The standard InChI is InChI=1S/C22H22S/c1-17(2)20-15-9-10-16-21(20)22(23,18-11-5-3-6-12-18)19-13-7-4-8-14-19/h3-17,23H,1-2H3. The SMILES string of the molecule is CC(C)c1ccccc1C(S)(c1ccccc1)c1ccccc1. The van der Waals surface area contributed by atoms with E-state index in [-0.39, 0.29) is 0 Å². The zero-order valence-electron chi connectivity index (χ0n) is 13.6. The molecular formula is C22H22S. The topological polar surface area (TPSA) is 0 Å². The lowest BCUT2D eigenvalue weighted by atomic mass is 9.79. The predicted molar refractivity (Wildman–Crippen MR) is 102 cm³/mol. The van der Waals surface area contributed by atoms with Crippen LogP contribution in [-0.4, -0.2) is 0 Å². The zero-order chi connectivity index (χ0) is 16.3. The molecule has 0 aliphatic rings. The highest BCUT2D eigenvalue weighted by molar-refractivity contribution is 7.81. The van der Waals surface area contributed by atoms with Gasteiger partial charge in [-0.25, -0.2) is 0 Å². The third-order valence-corrected chi connectivity index (χ3v) is 5.11. The van der Waals surface area contributed by atoms with Crippen molar-refractivity contribution in [2.45, 2.75) is 24.5 Å². The first-order valence-corrected chi connectivity index (χ1v) is 8.51. The van der Waals surface area contributed by atoms with Crippen molar-refractivity contribution < 1.29 is 0 Å². The largest absolute Gasteiger partial charge is 0.158 e. The monoisotopic (exact) mass is 318 g/mol. The molecule has 3 aromatic carbocycles. The van der Waals surface area contributed by atoms with E-state index in [0.29, 0.717) is 5.92 Å². The molecule has 0 amide bonds. The van der Waals surface area contributed by atoms with Crippen LogP contribution in [0.3, 0.4) is 0 Å². The smallest absolute Gasteiger partial charge is 0.0880 e. The number of hydrogen-bond acceptors (Lipinski definition) is 1. The summed E-state index contributed by atoms with van der Waals surface area (Å²) in [6, 6.07) is 29.8. The van der Waals surface area contributed by atoms with Crippen molar-refractivity contribution in [1.29, 1.82) is 0 Å². The molecule has 3 rings (SSSR count). The van der Waals surface area contributed by atoms with Crippen LogP contribution < -0.4 is 0 Å². The molecule has 23 heavy (non-hydrogen) atoms. The fraction of sp³-hybridized carbons (Fsp3) is 0.182. The Kier molecular flexibility index (Phi) is 4.58. The Morgan fingerprint density at radius 1 is 0.652 bits per heavy atom. The Hall–Kier alpha value is -1.99. The van der Waals surface area contributed by atoms with Crippen molar-refractivity contribution in [3.8, 4) is 0 Å². The Morgan fingerprint density at radius 2 is 1.09 bits per heavy atom. The summed E-state index contributed by atoms with van der Waals surface area (Å²) in [5.74, 6) is 0.449. The van der Waals surface area contributed by atoms with Crippen LogP contribution in [0.5, 0.6) is 0 Å². The van der Waals surface area contributed by atoms with Gasteiger partial charge in [-0.05, 0) is 28.2 Å². The van der Waals surface area contributed by atoms with Gasteiger partial charge in [0, 0.05) is 0 Å². The minimum atomic E-state index is -0.455. The molecule has 0 saturated carbocycles. The second-order valence-corrected chi connectivity index (χ2v) is 6.86. The molecule has 0 heterocycles. The van der Waals surface area contributed by atoms with Gasteiger partial charge < -0.3 is 0 Å². The van der Waals surface area contributed by atoms with E-state index in [1.165, 1.54) is 22.3 Å². The quantitative estimate of drug-likeness (QED) is 0.440. The summed E-state index contributed by atoms with van der Waals surface area (Å²) >= 11 is 5.25. The van der Waals surface area contributed by atoms with Crippen LogP contribution in [0, 0.1) is 0 Å². The fourth-order valence-electron chi connectivity index (χ4n) is 3.17. The van der Waals surface area contributed by atoms with Crippen LogP contribution in [0.1, 0.15) is 42.0 Å². The Balaban J connectivity index is 2.30. The molecule has 0 atom stereocenters. The van der Waals surface area contributed by atoms with Crippen LogP contribution in [0.25, 0.3) is 0 Å². The van der Waals surface area contributed by atoms with Crippen molar-refractivity contribution in [2.24, 2.45) is 0 Å². The first kappa shape index (κ1) is 15.9. The van der Waals surface area contributed by atoms with E-state index in [4.69, 9.17) is 12.6 Å². The molecule has 3 aromatic rings. The van der Waals surface area contributed by atoms with Crippen LogP contribution in [-0.2, 0) is 4.75 Å². The lowest BCUT2D eigenvalue weighted by molar-refractivity contribution is 0.805. The van der Waals surface area contributed by atoms with Gasteiger partial charge in [0.15, 0.2) is 0 Å². The van der Waals surface area contributed by atoms with Crippen molar-refractivity contribution in [3.63, 3.8) is 0 Å². The van der Waals surface area contributed by atoms with E-state index in [0.717, 1.165) is 0 Å². The average Bonchev–Trinajstić information content (AvgIpc) is 2.62. The van der Waals surface area contributed by atoms with Crippen LogP contribution in [0.15, 0.2) is 84.9 Å². The second kappa shape index (κ2) is 6.64. The molecule has 0 spiro atoms. The maximum Gasteiger partial charge on any atom is 0.0880 e. The maximum absolute atomic E-state index is 5.25. The molecule has 0 saturated heterocycles. The number of hydrogen-bond donors (Lipinski definition) is 1. The summed E-state index contributed by atoms with van der Waals surface area (Å²) in [4.78, 5) is 0. The summed E-state index contributed by atoms with van der Waals surface area (Å²) < 4.78 is -0.455. The summed E-state index contributed by atoms with van der Waals surface area (Å²) in [6.45, 7) is 4.48. The van der Waals surface area contributed by atoms with Gasteiger partial charge in [0.25, 0.3) is 0 Å². The highest BCUT2D eigenvalue weighted by Gasteiger charge is 2.34. The molecule has 0 fully saturated rings. The summed E-state index contributed by atoms with van der Waals surface area (Å²) in [7, 11) is 0. The number of rotatable bonds is 4. The third-order valence-electron chi connectivity index (χ3n) is 4.36. The van der Waals surface area contributed by atoms with Gasteiger partial charge in [0.1, 0.15) is 0 Å². The van der Waals surface area contributed by atoms with Crippen molar-refractivity contribution >= 4 is 12.6 Å². The van der Waals surface area contributed by atoms with E-state index >= 15 is 0 Å². The van der Waals surface area contributed by atoms with E-state index in [1.54, 1.807) is 0 Å². The molecule has 0 aromatic heterocycles. The Bertz CT molecular complexity index is 721. The van der Waals surface area contributed by atoms with Crippen LogP contribution in [0.2, 0.25) is 0 Å². The highest BCUT2D eigenvalue weighted by atomic mass is 32.1. The van der Waals surface area contributed by atoms with E-state index in [2.05, 4.69) is 98.8 Å². The molecule has 0 radical (unpaired) electrons. The molecule has 0 N–H and O–H groups in total. The van der Waals surface area contributed by atoms with Gasteiger partial charge in [-0.2, -0.15) is 12.6 Å². The zero-order valence-corrected chi connectivity index (χ0v) is 14.5. The number of benzene rings is 3. The maximum atomic E-state index is 5.25. The molecule has 0 aliphatic carbocycles. The first-order chi connectivity index (χ1) is 11.1. The van der Waals surface area contributed by atoms with E-state index in [9.17, 15) is 0 Å². The van der Waals surface area contributed by atoms with Crippen molar-refractivity contribution in [2.75, 3.05) is 0 Å². The van der Waals surface area contributed by atoms with Crippen molar-refractivity contribution in [1.82, 2.24) is 0 Å². The number of thiol groups is 1. The summed E-state index contributed by atoms with van der Waals surface area (Å²) in [6.07, 6.45) is 0. The molecule has 0 bridgehead atoms. The molecule has 116 valence electrons. The first-order valence-electron chi connectivity index (χ1n) is 8.07.